The van der Waals surface area contributed by atoms with Gasteiger partial charge in [0, 0.05) is 11.8 Å². The van der Waals surface area contributed by atoms with Crippen molar-refractivity contribution in [3.8, 4) is 17.2 Å². The zero-order chi connectivity index (χ0) is 20.4. The quantitative estimate of drug-likeness (QED) is 0.387. The zero-order valence-corrected chi connectivity index (χ0v) is 17.1. The van der Waals surface area contributed by atoms with E-state index in [9.17, 15) is 4.79 Å². The molecule has 29 heavy (non-hydrogen) atoms. The van der Waals surface area contributed by atoms with Gasteiger partial charge in [-0.3, -0.25) is 4.79 Å². The van der Waals surface area contributed by atoms with Gasteiger partial charge >= 0.3 is 0 Å². The molecule has 1 N–H and O–H groups in total. The van der Waals surface area contributed by atoms with E-state index in [1.165, 1.54) is 11.8 Å². The van der Waals surface area contributed by atoms with Crippen LogP contribution in [0.2, 0.25) is 0 Å². The molecule has 7 nitrogen and oxygen atoms in total. The molecule has 0 saturated heterocycles. The number of hydrogen-bond acceptors (Lipinski definition) is 6. The van der Waals surface area contributed by atoms with Crippen LogP contribution in [0.3, 0.4) is 0 Å². The second-order valence-corrected chi connectivity index (χ2v) is 7.48. The molecule has 2 heterocycles. The Balaban J connectivity index is 1.67. The van der Waals surface area contributed by atoms with Crippen LogP contribution in [-0.4, -0.2) is 34.0 Å². The van der Waals surface area contributed by atoms with Crippen LogP contribution >= 0.6 is 11.8 Å². The molecule has 2 aromatic heterocycles. The Morgan fingerprint density at radius 1 is 1.10 bits per heavy atom. The third-order valence-electron chi connectivity index (χ3n) is 4.45. The summed E-state index contributed by atoms with van der Waals surface area (Å²) < 4.78 is 12.3. The Hall–Kier alpha value is -3.26. The van der Waals surface area contributed by atoms with E-state index < -0.39 is 0 Å². The standard InChI is InChI=1S/C21H20N4O3S/c1-13-5-4-6-15(7-13)25-19-18(11-22-25)20(26)24-21(23-19)29-12-14-8-16(27-2)10-17(9-14)28-3/h4-11H,12H2,1-3H3,(H,23,24,26). The molecule has 0 bridgehead atoms. The average molecular weight is 408 g/mol. The summed E-state index contributed by atoms with van der Waals surface area (Å²) in [6.07, 6.45) is 1.55. The number of ether oxygens (including phenoxy) is 2. The van der Waals surface area contributed by atoms with Crippen LogP contribution in [0.25, 0.3) is 16.7 Å². The molecule has 0 fully saturated rings. The third kappa shape index (κ3) is 3.97. The van der Waals surface area contributed by atoms with Gasteiger partial charge in [0.1, 0.15) is 16.9 Å². The molecule has 148 valence electrons. The van der Waals surface area contributed by atoms with Crippen molar-refractivity contribution in [2.45, 2.75) is 17.8 Å². The van der Waals surface area contributed by atoms with Gasteiger partial charge in [-0.2, -0.15) is 5.10 Å². The minimum absolute atomic E-state index is 0.209. The zero-order valence-electron chi connectivity index (χ0n) is 16.3. The van der Waals surface area contributed by atoms with Gasteiger partial charge < -0.3 is 14.5 Å². The third-order valence-corrected chi connectivity index (χ3v) is 5.39. The predicted octanol–water partition coefficient (Wildman–Crippen LogP) is 3.73. The summed E-state index contributed by atoms with van der Waals surface area (Å²) in [5, 5.41) is 5.35. The van der Waals surface area contributed by atoms with Crippen LogP contribution in [0, 0.1) is 6.92 Å². The molecule has 0 aliphatic heterocycles. The number of hydrogen-bond donors (Lipinski definition) is 1. The van der Waals surface area contributed by atoms with E-state index in [2.05, 4.69) is 15.1 Å². The predicted molar refractivity (Wildman–Crippen MR) is 113 cm³/mol. The summed E-state index contributed by atoms with van der Waals surface area (Å²) in [6, 6.07) is 13.6. The molecular formula is C21H20N4O3S. The Bertz CT molecular complexity index is 1210. The van der Waals surface area contributed by atoms with Crippen molar-refractivity contribution in [2.24, 2.45) is 0 Å². The van der Waals surface area contributed by atoms with E-state index in [0.29, 0.717) is 21.9 Å². The molecule has 4 rings (SSSR count). The number of nitrogens with zero attached hydrogens (tertiary/aromatic N) is 3. The number of H-pyrrole nitrogens is 1. The topological polar surface area (TPSA) is 82.0 Å². The maximum atomic E-state index is 12.5. The van der Waals surface area contributed by atoms with Crippen molar-refractivity contribution in [1.82, 2.24) is 19.7 Å². The second kappa shape index (κ2) is 8.00. The number of thioether (sulfide) groups is 1. The molecule has 0 aliphatic rings. The first-order valence-corrected chi connectivity index (χ1v) is 9.96. The lowest BCUT2D eigenvalue weighted by Gasteiger charge is -2.08. The molecule has 8 heteroatoms. The Morgan fingerprint density at radius 2 is 1.86 bits per heavy atom. The summed E-state index contributed by atoms with van der Waals surface area (Å²) in [7, 11) is 3.23. The average Bonchev–Trinajstić information content (AvgIpc) is 3.16. The Labute approximate surface area is 171 Å². The van der Waals surface area contributed by atoms with Gasteiger partial charge in [-0.05, 0) is 42.3 Å². The fourth-order valence-corrected chi connectivity index (χ4v) is 3.80. The number of aromatic amines is 1. The van der Waals surface area contributed by atoms with E-state index in [1.807, 2.05) is 49.4 Å². The highest BCUT2D eigenvalue weighted by Crippen LogP contribution is 2.27. The maximum Gasteiger partial charge on any atom is 0.262 e. The molecule has 2 aromatic carbocycles. The minimum Gasteiger partial charge on any atom is -0.497 e. The smallest absolute Gasteiger partial charge is 0.262 e. The summed E-state index contributed by atoms with van der Waals surface area (Å²) >= 11 is 1.43. The summed E-state index contributed by atoms with van der Waals surface area (Å²) in [6.45, 7) is 2.01. The van der Waals surface area contributed by atoms with Crippen LogP contribution in [0.15, 0.2) is 58.6 Å². The van der Waals surface area contributed by atoms with Crippen molar-refractivity contribution >= 4 is 22.8 Å². The SMILES string of the molecule is COc1cc(CSc2nc3c(cnn3-c3cccc(C)c3)c(=O)[nH]2)cc(OC)c1. The molecule has 0 unspecified atom stereocenters. The molecule has 0 atom stereocenters. The number of nitrogens with one attached hydrogen (secondary N) is 1. The van der Waals surface area contributed by atoms with Crippen molar-refractivity contribution in [3.63, 3.8) is 0 Å². The molecule has 4 aromatic rings. The van der Waals surface area contributed by atoms with Crippen LogP contribution in [0.4, 0.5) is 0 Å². The summed E-state index contributed by atoms with van der Waals surface area (Å²) in [5.74, 6) is 2.03. The van der Waals surface area contributed by atoms with Crippen molar-refractivity contribution in [2.75, 3.05) is 14.2 Å². The first-order chi connectivity index (χ1) is 14.1. The van der Waals surface area contributed by atoms with Crippen molar-refractivity contribution < 1.29 is 9.47 Å². The first-order valence-electron chi connectivity index (χ1n) is 8.97. The summed E-state index contributed by atoms with van der Waals surface area (Å²) in [4.78, 5) is 20.0. The first kappa shape index (κ1) is 19.1. The number of aromatic nitrogens is 4. The van der Waals surface area contributed by atoms with Gasteiger partial charge in [-0.25, -0.2) is 9.67 Å². The minimum atomic E-state index is -0.209. The van der Waals surface area contributed by atoms with Crippen molar-refractivity contribution in [1.29, 1.82) is 0 Å². The molecule has 0 saturated carbocycles. The number of fused-ring (bicyclic) bond motifs is 1. The maximum absolute atomic E-state index is 12.5. The van der Waals surface area contributed by atoms with Gasteiger partial charge in [-0.15, -0.1) is 0 Å². The number of benzene rings is 2. The van der Waals surface area contributed by atoms with E-state index in [1.54, 1.807) is 25.1 Å². The van der Waals surface area contributed by atoms with E-state index in [4.69, 9.17) is 9.47 Å². The molecule has 0 spiro atoms. The second-order valence-electron chi connectivity index (χ2n) is 6.51. The number of methoxy groups -OCH3 is 2. The highest BCUT2D eigenvalue weighted by Gasteiger charge is 2.12. The van der Waals surface area contributed by atoms with Gasteiger partial charge in [0.15, 0.2) is 10.8 Å². The fraction of sp³-hybridized carbons (Fsp3) is 0.190. The highest BCUT2D eigenvalue weighted by molar-refractivity contribution is 7.98. The molecule has 0 radical (unpaired) electrons. The van der Waals surface area contributed by atoms with Gasteiger partial charge in [0.2, 0.25) is 0 Å². The lowest BCUT2D eigenvalue weighted by atomic mass is 10.2. The van der Waals surface area contributed by atoms with Gasteiger partial charge in [0.25, 0.3) is 5.56 Å². The van der Waals surface area contributed by atoms with Crippen LogP contribution in [-0.2, 0) is 5.75 Å². The molecule has 0 amide bonds. The van der Waals surface area contributed by atoms with Gasteiger partial charge in [-0.1, -0.05) is 23.9 Å². The lowest BCUT2D eigenvalue weighted by Crippen LogP contribution is -2.09. The lowest BCUT2D eigenvalue weighted by molar-refractivity contribution is 0.393. The van der Waals surface area contributed by atoms with Crippen LogP contribution < -0.4 is 15.0 Å². The Morgan fingerprint density at radius 3 is 2.55 bits per heavy atom. The Kier molecular flexibility index (Phi) is 5.26. The fourth-order valence-electron chi connectivity index (χ4n) is 3.02. The summed E-state index contributed by atoms with van der Waals surface area (Å²) in [5.41, 5.74) is 3.30. The van der Waals surface area contributed by atoms with Crippen LogP contribution in [0.5, 0.6) is 11.5 Å². The normalized spacial score (nSPS) is 11.0. The molecular weight excluding hydrogens is 388 g/mol. The van der Waals surface area contributed by atoms with Crippen LogP contribution in [0.1, 0.15) is 11.1 Å². The highest BCUT2D eigenvalue weighted by atomic mass is 32.2. The van der Waals surface area contributed by atoms with E-state index in [-0.39, 0.29) is 5.56 Å². The van der Waals surface area contributed by atoms with Gasteiger partial charge in [0.05, 0.1) is 26.1 Å². The molecule has 0 aliphatic carbocycles. The van der Waals surface area contributed by atoms with Crippen molar-refractivity contribution in [3.05, 3.63) is 70.1 Å². The number of rotatable bonds is 6. The largest absolute Gasteiger partial charge is 0.497 e. The van der Waals surface area contributed by atoms with E-state index in [0.717, 1.165) is 28.3 Å². The monoisotopic (exact) mass is 408 g/mol. The van der Waals surface area contributed by atoms with E-state index >= 15 is 0 Å². The number of aryl methyl sites for hydroxylation is 1.